The Morgan fingerprint density at radius 3 is 2.30 bits per heavy atom. The summed E-state index contributed by atoms with van der Waals surface area (Å²) in [5.41, 5.74) is 11.1. The summed E-state index contributed by atoms with van der Waals surface area (Å²) in [6.45, 7) is 0. The van der Waals surface area contributed by atoms with Crippen molar-refractivity contribution in [3.63, 3.8) is 0 Å². The molecule has 5 aromatic carbocycles. The number of hydrogen-bond donors (Lipinski definition) is 1. The van der Waals surface area contributed by atoms with E-state index in [0.717, 1.165) is 17.1 Å². The predicted octanol–water partition coefficient (Wildman–Crippen LogP) is 10.8. The lowest BCUT2D eigenvalue weighted by atomic mass is 9.74. The summed E-state index contributed by atoms with van der Waals surface area (Å²) in [6.07, 6.45) is 13.2. The normalized spacial score (nSPS) is 18.3. The lowest BCUT2D eigenvalue weighted by Crippen LogP contribution is -2.48. The van der Waals surface area contributed by atoms with Crippen molar-refractivity contribution in [1.29, 1.82) is 0 Å². The number of hydrogen-bond acceptors (Lipinski definition) is 3. The van der Waals surface area contributed by atoms with Gasteiger partial charge < -0.3 is 5.32 Å². The van der Waals surface area contributed by atoms with Gasteiger partial charge in [0.05, 0.1) is 17.1 Å². The second kappa shape index (κ2) is 9.38. The van der Waals surface area contributed by atoms with Crippen molar-refractivity contribution in [2.45, 2.75) is 5.54 Å². The van der Waals surface area contributed by atoms with Crippen LogP contribution in [-0.2, 0) is 0 Å². The quantitative estimate of drug-likeness (QED) is 0.226. The molecule has 0 saturated heterocycles. The number of thiophene rings is 1. The fourth-order valence-electron chi connectivity index (χ4n) is 6.67. The Balaban J connectivity index is 1.12. The Morgan fingerprint density at radius 2 is 1.37 bits per heavy atom. The first-order valence-electron chi connectivity index (χ1n) is 14.6. The fourth-order valence-corrected chi connectivity index (χ4v) is 7.91. The summed E-state index contributed by atoms with van der Waals surface area (Å²) >= 11 is 1.88. The monoisotopic (exact) mass is 566 g/mol. The van der Waals surface area contributed by atoms with E-state index < -0.39 is 5.54 Å². The van der Waals surface area contributed by atoms with Crippen molar-refractivity contribution in [2.75, 3.05) is 5.32 Å². The van der Waals surface area contributed by atoms with Crippen LogP contribution in [0.1, 0.15) is 5.56 Å². The SMILES string of the molecule is C1=CC2=Nc3ccccc3NC23C=C(c2cccc(-c4cccc(-c5cccc6c5sc5ccccc56)c4)c2)C=CC3=C1. The molecule has 2 nitrogen and oxygen atoms in total. The maximum Gasteiger partial charge on any atom is 0.125 e. The molecule has 9 rings (SSSR count). The van der Waals surface area contributed by atoms with E-state index in [0.29, 0.717) is 0 Å². The minimum absolute atomic E-state index is 0.480. The third-order valence-electron chi connectivity index (χ3n) is 8.79. The van der Waals surface area contributed by atoms with Crippen LogP contribution in [0.25, 0.3) is 48.0 Å². The molecule has 3 heteroatoms. The molecule has 2 aliphatic carbocycles. The van der Waals surface area contributed by atoms with Crippen LogP contribution >= 0.6 is 11.3 Å². The standard InChI is InChI=1S/C40H26N2S/c1-4-19-37-33(14-1)34-16-8-15-32(39(34)43-37)29-12-6-10-27(24-29)26-9-5-11-28(23-26)30-21-22-31-13-7-20-38-40(31,25-30)42-36-18-3-2-17-35(36)41-38/h1-25,42H. The first-order valence-corrected chi connectivity index (χ1v) is 15.4. The maximum absolute atomic E-state index is 5.06. The highest BCUT2D eigenvalue weighted by Gasteiger charge is 2.41. The van der Waals surface area contributed by atoms with Crippen LogP contribution in [0.3, 0.4) is 0 Å². The average molecular weight is 567 g/mol. The molecule has 43 heavy (non-hydrogen) atoms. The van der Waals surface area contributed by atoms with Gasteiger partial charge in [0.1, 0.15) is 5.54 Å². The molecule has 1 aliphatic heterocycles. The predicted molar refractivity (Wildman–Crippen MR) is 184 cm³/mol. The molecule has 0 saturated carbocycles. The van der Waals surface area contributed by atoms with Gasteiger partial charge in [0, 0.05) is 20.2 Å². The molecule has 0 bridgehead atoms. The van der Waals surface area contributed by atoms with Crippen LogP contribution < -0.4 is 5.32 Å². The van der Waals surface area contributed by atoms with Crippen molar-refractivity contribution in [3.8, 4) is 22.3 Å². The summed E-state index contributed by atoms with van der Waals surface area (Å²) in [7, 11) is 0. The van der Waals surface area contributed by atoms with Gasteiger partial charge in [-0.05, 0) is 81.4 Å². The van der Waals surface area contributed by atoms with Gasteiger partial charge in [-0.3, -0.25) is 0 Å². The molecule has 1 aromatic heterocycles. The Labute approximate surface area is 254 Å². The minimum Gasteiger partial charge on any atom is -0.365 e. The van der Waals surface area contributed by atoms with Crippen molar-refractivity contribution in [1.82, 2.24) is 0 Å². The number of nitrogens with zero attached hydrogens (tertiary/aromatic N) is 1. The molecule has 1 N–H and O–H groups in total. The molecule has 1 atom stereocenters. The summed E-state index contributed by atoms with van der Waals surface area (Å²) in [5.74, 6) is 0. The van der Waals surface area contributed by atoms with Crippen molar-refractivity contribution >= 4 is 54.2 Å². The first-order chi connectivity index (χ1) is 21.2. The summed E-state index contributed by atoms with van der Waals surface area (Å²) < 4.78 is 2.67. The lowest BCUT2D eigenvalue weighted by Gasteiger charge is -2.41. The molecule has 6 aromatic rings. The van der Waals surface area contributed by atoms with Crippen LogP contribution in [0.4, 0.5) is 11.4 Å². The van der Waals surface area contributed by atoms with Gasteiger partial charge in [-0.15, -0.1) is 11.3 Å². The molecule has 0 fully saturated rings. The zero-order chi connectivity index (χ0) is 28.4. The number of rotatable bonds is 3. The molecular weight excluding hydrogens is 541 g/mol. The van der Waals surface area contributed by atoms with Crippen molar-refractivity contribution in [3.05, 3.63) is 163 Å². The van der Waals surface area contributed by atoms with E-state index in [1.54, 1.807) is 0 Å². The van der Waals surface area contributed by atoms with Gasteiger partial charge in [-0.2, -0.15) is 0 Å². The van der Waals surface area contributed by atoms with E-state index >= 15 is 0 Å². The van der Waals surface area contributed by atoms with Gasteiger partial charge in [0.25, 0.3) is 0 Å². The molecule has 0 radical (unpaired) electrons. The van der Waals surface area contributed by atoms with Crippen LogP contribution in [0.15, 0.2) is 162 Å². The van der Waals surface area contributed by atoms with Gasteiger partial charge in [0.2, 0.25) is 0 Å². The topological polar surface area (TPSA) is 24.4 Å². The number of benzene rings is 5. The highest BCUT2D eigenvalue weighted by molar-refractivity contribution is 7.26. The van der Waals surface area contributed by atoms with Gasteiger partial charge in [-0.25, -0.2) is 4.99 Å². The van der Waals surface area contributed by atoms with Gasteiger partial charge in [0.15, 0.2) is 0 Å². The summed E-state index contributed by atoms with van der Waals surface area (Å²) in [6, 6.07) is 41.5. The smallest absolute Gasteiger partial charge is 0.125 e. The molecule has 3 aliphatic rings. The third-order valence-corrected chi connectivity index (χ3v) is 10.0. The second-order valence-electron chi connectivity index (χ2n) is 11.3. The van der Waals surface area contributed by atoms with Crippen LogP contribution in [0, 0.1) is 0 Å². The number of anilines is 1. The van der Waals surface area contributed by atoms with Crippen LogP contribution in [-0.4, -0.2) is 11.3 Å². The first kappa shape index (κ1) is 24.4. The number of fused-ring (bicyclic) bond motifs is 4. The molecule has 1 unspecified atom stereocenters. The Kier molecular flexibility index (Phi) is 5.32. The zero-order valence-corrected chi connectivity index (χ0v) is 24.1. The van der Waals surface area contributed by atoms with Crippen LogP contribution in [0.5, 0.6) is 0 Å². The van der Waals surface area contributed by atoms with Gasteiger partial charge in [-0.1, -0.05) is 109 Å². The van der Waals surface area contributed by atoms with Crippen molar-refractivity contribution in [2.24, 2.45) is 4.99 Å². The Bertz CT molecular complexity index is 2280. The van der Waals surface area contributed by atoms with E-state index in [4.69, 9.17) is 4.99 Å². The van der Waals surface area contributed by atoms with E-state index in [1.807, 2.05) is 17.4 Å². The number of allylic oxidation sites excluding steroid dienone is 4. The molecule has 0 amide bonds. The fraction of sp³-hybridized carbons (Fsp3) is 0.0250. The van der Waals surface area contributed by atoms with Gasteiger partial charge >= 0.3 is 0 Å². The second-order valence-corrected chi connectivity index (χ2v) is 12.4. The highest BCUT2D eigenvalue weighted by atomic mass is 32.1. The maximum atomic E-state index is 5.06. The Morgan fingerprint density at radius 1 is 0.628 bits per heavy atom. The zero-order valence-electron chi connectivity index (χ0n) is 23.3. The summed E-state index contributed by atoms with van der Waals surface area (Å²) in [4.78, 5) is 5.06. The average Bonchev–Trinajstić information content (AvgIpc) is 3.45. The van der Waals surface area contributed by atoms with Crippen molar-refractivity contribution < 1.29 is 0 Å². The lowest BCUT2D eigenvalue weighted by molar-refractivity contribution is 0.885. The number of para-hydroxylation sites is 2. The summed E-state index contributed by atoms with van der Waals surface area (Å²) in [5, 5.41) is 6.49. The molecule has 1 spiro atoms. The van der Waals surface area contributed by atoms with E-state index in [9.17, 15) is 0 Å². The molecular formula is C40H26N2S. The minimum atomic E-state index is -0.480. The van der Waals surface area contributed by atoms with E-state index in [2.05, 4.69) is 151 Å². The largest absolute Gasteiger partial charge is 0.365 e. The highest BCUT2D eigenvalue weighted by Crippen LogP contribution is 2.44. The molecule has 2 heterocycles. The Hall–Kier alpha value is -5.25. The molecule has 202 valence electrons. The number of nitrogens with one attached hydrogen (secondary N) is 1. The van der Waals surface area contributed by atoms with E-state index in [-0.39, 0.29) is 0 Å². The third kappa shape index (κ3) is 3.82. The van der Waals surface area contributed by atoms with E-state index in [1.165, 1.54) is 59.1 Å². The van der Waals surface area contributed by atoms with Crippen LogP contribution in [0.2, 0.25) is 0 Å². The number of aliphatic imine (C=N–C) groups is 1.